The van der Waals surface area contributed by atoms with E-state index in [0.29, 0.717) is 13.1 Å². The Morgan fingerprint density at radius 3 is 2.54 bits per heavy atom. The number of benzene rings is 1. The fraction of sp³-hybridized carbons (Fsp3) is 0.474. The van der Waals surface area contributed by atoms with E-state index in [1.165, 1.54) is 17.7 Å². The van der Waals surface area contributed by atoms with Crippen LogP contribution in [0.5, 0.6) is 0 Å². The number of carbonyl (C=O) groups excluding carboxylic acids is 1. The van der Waals surface area contributed by atoms with Gasteiger partial charge in [0.2, 0.25) is 5.91 Å². The summed E-state index contributed by atoms with van der Waals surface area (Å²) in [4.78, 5) is 22.5. The van der Waals surface area contributed by atoms with Gasteiger partial charge in [0, 0.05) is 18.8 Å². The van der Waals surface area contributed by atoms with Gasteiger partial charge in [-0.2, -0.15) is 0 Å². The Hall–Kier alpha value is -2.41. The average molecular weight is 364 g/mol. The van der Waals surface area contributed by atoms with E-state index < -0.39 is 0 Å². The van der Waals surface area contributed by atoms with E-state index in [4.69, 9.17) is 14.6 Å². The van der Waals surface area contributed by atoms with Crippen molar-refractivity contribution in [1.82, 2.24) is 4.90 Å². The molecule has 0 saturated carbocycles. The predicted molar refractivity (Wildman–Crippen MR) is 96.5 cm³/mol. The van der Waals surface area contributed by atoms with E-state index >= 15 is 0 Å². The minimum atomic E-state index is -0.279. The van der Waals surface area contributed by atoms with Gasteiger partial charge in [0.1, 0.15) is 5.82 Å². The van der Waals surface area contributed by atoms with Crippen LogP contribution in [0.1, 0.15) is 26.2 Å². The van der Waals surface area contributed by atoms with E-state index in [1.54, 1.807) is 12.1 Å². The maximum atomic E-state index is 12.9. The van der Waals surface area contributed by atoms with Crippen LogP contribution >= 0.6 is 0 Å². The zero-order valence-corrected chi connectivity index (χ0v) is 14.9. The van der Waals surface area contributed by atoms with Gasteiger partial charge in [0.15, 0.2) is 0 Å². The van der Waals surface area contributed by atoms with Gasteiger partial charge in [-0.1, -0.05) is 11.6 Å². The van der Waals surface area contributed by atoms with Crippen LogP contribution in [-0.2, 0) is 14.3 Å². The lowest BCUT2D eigenvalue weighted by molar-refractivity contribution is -0.134. The van der Waals surface area contributed by atoms with Crippen LogP contribution in [0.3, 0.4) is 0 Å². The molecule has 1 aromatic carbocycles. The predicted octanol–water partition coefficient (Wildman–Crippen LogP) is 2.67. The largest absolute Gasteiger partial charge is 0.483 e. The maximum Gasteiger partial charge on any atom is 0.290 e. The van der Waals surface area contributed by atoms with Crippen LogP contribution in [0.2, 0.25) is 0 Å². The summed E-state index contributed by atoms with van der Waals surface area (Å²) in [5.41, 5.74) is 1.97. The van der Waals surface area contributed by atoms with Crippen molar-refractivity contribution in [3.05, 3.63) is 41.7 Å². The molecular formula is C19H25FN2O4. The minimum Gasteiger partial charge on any atom is -0.483 e. The Morgan fingerprint density at radius 2 is 1.96 bits per heavy atom. The van der Waals surface area contributed by atoms with Crippen LogP contribution in [-0.4, -0.2) is 54.2 Å². The number of ether oxygens (including phenoxy) is 1. The first-order valence-electron chi connectivity index (χ1n) is 8.65. The molecule has 2 heterocycles. The number of amides is 1. The fourth-order valence-electron chi connectivity index (χ4n) is 3.26. The second kappa shape index (κ2) is 9.33. The maximum absolute atomic E-state index is 12.9. The number of hydrogen-bond donors (Lipinski definition) is 2. The molecule has 0 aliphatic carbocycles. The Balaban J connectivity index is 0.000000758. The molecule has 0 atom stereocenters. The fourth-order valence-corrected chi connectivity index (χ4v) is 3.26. The van der Waals surface area contributed by atoms with E-state index in [1.807, 2.05) is 4.90 Å². The summed E-state index contributed by atoms with van der Waals surface area (Å²) >= 11 is 0. The van der Waals surface area contributed by atoms with Crippen molar-refractivity contribution < 1.29 is 23.8 Å². The van der Waals surface area contributed by atoms with E-state index in [9.17, 15) is 9.18 Å². The number of rotatable bonds is 3. The van der Waals surface area contributed by atoms with Gasteiger partial charge in [-0.05, 0) is 50.5 Å². The molecule has 6 nitrogen and oxygen atoms in total. The van der Waals surface area contributed by atoms with Crippen molar-refractivity contribution in [2.24, 2.45) is 0 Å². The summed E-state index contributed by atoms with van der Waals surface area (Å²) in [6.07, 6.45) is 4.96. The highest BCUT2D eigenvalue weighted by Gasteiger charge is 2.36. The first-order valence-corrected chi connectivity index (χ1v) is 8.65. The van der Waals surface area contributed by atoms with Crippen molar-refractivity contribution in [2.75, 3.05) is 31.6 Å². The highest BCUT2D eigenvalue weighted by molar-refractivity contribution is 5.81. The molecule has 1 spiro atoms. The SMILES string of the molecule is CC1=CC2(CCN(C(=O)CNc3ccc(F)cc3)CC2)OCC1.O=CO. The number of halogens is 1. The van der Waals surface area contributed by atoms with Crippen LogP contribution in [0.4, 0.5) is 10.1 Å². The van der Waals surface area contributed by atoms with Crippen molar-refractivity contribution in [3.8, 4) is 0 Å². The summed E-state index contributed by atoms with van der Waals surface area (Å²) in [5.74, 6) is -0.209. The number of carboxylic acid groups (broad SMARTS) is 1. The zero-order chi connectivity index (χ0) is 19.0. The highest BCUT2D eigenvalue weighted by atomic mass is 19.1. The van der Waals surface area contributed by atoms with Crippen molar-refractivity contribution in [3.63, 3.8) is 0 Å². The number of nitrogens with one attached hydrogen (secondary N) is 1. The molecule has 1 amide bonds. The molecule has 0 bridgehead atoms. The Morgan fingerprint density at radius 1 is 1.35 bits per heavy atom. The van der Waals surface area contributed by atoms with Crippen molar-refractivity contribution >= 4 is 18.1 Å². The Kier molecular flexibility index (Phi) is 7.15. The molecule has 3 rings (SSSR count). The third-order valence-electron chi connectivity index (χ3n) is 4.65. The van der Waals surface area contributed by atoms with Gasteiger partial charge in [-0.3, -0.25) is 9.59 Å². The number of likely N-dealkylation sites (tertiary alicyclic amines) is 1. The third kappa shape index (κ3) is 5.56. The van der Waals surface area contributed by atoms with Gasteiger partial charge in [-0.25, -0.2) is 4.39 Å². The zero-order valence-electron chi connectivity index (χ0n) is 14.9. The summed E-state index contributed by atoms with van der Waals surface area (Å²) in [5, 5.41) is 9.93. The smallest absolute Gasteiger partial charge is 0.290 e. The summed E-state index contributed by atoms with van der Waals surface area (Å²) in [6.45, 7) is 4.34. The third-order valence-corrected chi connectivity index (χ3v) is 4.65. The molecule has 7 heteroatoms. The van der Waals surface area contributed by atoms with Crippen LogP contribution in [0.25, 0.3) is 0 Å². The quantitative estimate of drug-likeness (QED) is 0.637. The first-order chi connectivity index (χ1) is 12.5. The summed E-state index contributed by atoms with van der Waals surface area (Å²) in [7, 11) is 0. The number of piperidine rings is 1. The molecule has 2 aliphatic rings. The van der Waals surface area contributed by atoms with Crippen LogP contribution < -0.4 is 5.32 Å². The second-order valence-corrected chi connectivity index (χ2v) is 6.50. The first kappa shape index (κ1) is 19.9. The van der Waals surface area contributed by atoms with Gasteiger partial charge in [0.25, 0.3) is 6.47 Å². The molecule has 0 aromatic heterocycles. The molecule has 0 radical (unpaired) electrons. The molecule has 0 unspecified atom stereocenters. The lowest BCUT2D eigenvalue weighted by atomic mass is 9.87. The van der Waals surface area contributed by atoms with E-state index in [-0.39, 0.29) is 30.3 Å². The second-order valence-electron chi connectivity index (χ2n) is 6.50. The molecule has 2 N–H and O–H groups in total. The average Bonchev–Trinajstić information content (AvgIpc) is 2.62. The van der Waals surface area contributed by atoms with Gasteiger partial charge in [-0.15, -0.1) is 0 Å². The van der Waals surface area contributed by atoms with Crippen molar-refractivity contribution in [2.45, 2.75) is 31.8 Å². The summed E-state index contributed by atoms with van der Waals surface area (Å²) in [6, 6.07) is 6.04. The standard InChI is InChI=1S/C18H23FN2O2.CH2O2/c1-14-6-11-23-18(12-14)7-9-21(10-8-18)17(22)13-20-16-4-2-15(19)3-5-16;2-1-3/h2-5,12,20H,6-11,13H2,1H3;1H,(H,2,3). The number of carbonyl (C=O) groups is 2. The number of anilines is 1. The van der Waals surface area contributed by atoms with Crippen LogP contribution in [0.15, 0.2) is 35.9 Å². The highest BCUT2D eigenvalue weighted by Crippen LogP contribution is 2.32. The molecule has 1 fully saturated rings. The van der Waals surface area contributed by atoms with Crippen molar-refractivity contribution in [1.29, 1.82) is 0 Å². The Bertz CT molecular complexity index is 637. The summed E-state index contributed by atoms with van der Waals surface area (Å²) < 4.78 is 18.8. The normalized spacial score (nSPS) is 18.4. The topological polar surface area (TPSA) is 78.9 Å². The number of nitrogens with zero attached hydrogens (tertiary/aromatic N) is 1. The molecule has 2 aliphatic heterocycles. The molecule has 1 saturated heterocycles. The van der Waals surface area contributed by atoms with Crippen LogP contribution in [0, 0.1) is 5.82 Å². The Labute approximate surface area is 152 Å². The van der Waals surface area contributed by atoms with Gasteiger partial charge >= 0.3 is 0 Å². The monoisotopic (exact) mass is 364 g/mol. The lowest BCUT2D eigenvalue weighted by Crippen LogP contribution is -2.49. The lowest BCUT2D eigenvalue weighted by Gasteiger charge is -2.42. The molecule has 142 valence electrons. The minimum absolute atomic E-state index is 0.0701. The molecular weight excluding hydrogens is 339 g/mol. The molecule has 26 heavy (non-hydrogen) atoms. The van der Waals surface area contributed by atoms with Gasteiger partial charge in [0.05, 0.1) is 18.8 Å². The van der Waals surface area contributed by atoms with Gasteiger partial charge < -0.3 is 20.1 Å². The number of hydrogen-bond acceptors (Lipinski definition) is 4. The van der Waals surface area contributed by atoms with E-state index in [0.717, 1.165) is 31.6 Å². The van der Waals surface area contributed by atoms with E-state index in [2.05, 4.69) is 18.3 Å². The molecule has 1 aromatic rings.